The van der Waals surface area contributed by atoms with E-state index in [2.05, 4.69) is 5.32 Å². The molecule has 2 N–H and O–H groups in total. The fraction of sp³-hybridized carbons (Fsp3) is 0.409. The number of rotatable bonds is 9. The summed E-state index contributed by atoms with van der Waals surface area (Å²) in [5.41, 5.74) is 0.717. The van der Waals surface area contributed by atoms with Crippen LogP contribution in [0.2, 0.25) is 0 Å². The van der Waals surface area contributed by atoms with Crippen molar-refractivity contribution in [1.82, 2.24) is 5.32 Å². The first kappa shape index (κ1) is 20.0. The summed E-state index contributed by atoms with van der Waals surface area (Å²) in [5.74, 6) is 1.92. The predicted octanol–water partition coefficient (Wildman–Crippen LogP) is 2.81. The molecule has 0 aliphatic heterocycles. The summed E-state index contributed by atoms with van der Waals surface area (Å²) in [4.78, 5) is 12.2. The summed E-state index contributed by atoms with van der Waals surface area (Å²) in [7, 11) is 3.16. The number of carbonyl (C=O) groups is 1. The van der Waals surface area contributed by atoms with Gasteiger partial charge < -0.3 is 24.6 Å². The van der Waals surface area contributed by atoms with E-state index in [4.69, 9.17) is 14.2 Å². The monoisotopic (exact) mass is 385 g/mol. The van der Waals surface area contributed by atoms with E-state index in [0.717, 1.165) is 23.3 Å². The van der Waals surface area contributed by atoms with Gasteiger partial charge in [-0.2, -0.15) is 0 Å². The first-order valence-corrected chi connectivity index (χ1v) is 9.48. The smallest absolute Gasteiger partial charge is 0.220 e. The second kappa shape index (κ2) is 8.97. The summed E-state index contributed by atoms with van der Waals surface area (Å²) in [6, 6.07) is 13.2. The van der Waals surface area contributed by atoms with E-state index >= 15 is 0 Å². The summed E-state index contributed by atoms with van der Waals surface area (Å²) >= 11 is 0. The summed E-state index contributed by atoms with van der Waals surface area (Å²) < 4.78 is 16.3. The van der Waals surface area contributed by atoms with E-state index in [9.17, 15) is 9.90 Å². The number of carbonyl (C=O) groups excluding carboxylic acids is 1. The maximum absolute atomic E-state index is 12.2. The number of hydrogen-bond acceptors (Lipinski definition) is 5. The number of hydrogen-bond donors (Lipinski definition) is 2. The molecule has 0 fully saturated rings. The molecule has 1 aliphatic rings. The van der Waals surface area contributed by atoms with Crippen molar-refractivity contribution in [3.63, 3.8) is 0 Å². The van der Waals surface area contributed by atoms with Crippen LogP contribution < -0.4 is 19.5 Å². The van der Waals surface area contributed by atoms with Crippen LogP contribution >= 0.6 is 0 Å². The van der Waals surface area contributed by atoms with Crippen molar-refractivity contribution in [2.24, 2.45) is 0 Å². The van der Waals surface area contributed by atoms with Crippen molar-refractivity contribution in [1.29, 1.82) is 0 Å². The van der Waals surface area contributed by atoms with Gasteiger partial charge in [-0.25, -0.2) is 0 Å². The topological polar surface area (TPSA) is 77.0 Å². The van der Waals surface area contributed by atoms with Gasteiger partial charge in [0.1, 0.15) is 11.4 Å². The second-order valence-corrected chi connectivity index (χ2v) is 6.94. The van der Waals surface area contributed by atoms with Gasteiger partial charge in [0.25, 0.3) is 0 Å². The molecule has 0 aromatic heterocycles. The van der Waals surface area contributed by atoms with Crippen LogP contribution in [0, 0.1) is 0 Å². The van der Waals surface area contributed by atoms with E-state index in [-0.39, 0.29) is 12.5 Å². The molecule has 6 heteroatoms. The minimum Gasteiger partial charge on any atom is -0.494 e. The number of nitrogens with one attached hydrogen (secondary N) is 1. The first-order valence-electron chi connectivity index (χ1n) is 9.48. The van der Waals surface area contributed by atoms with Gasteiger partial charge in [-0.05, 0) is 54.7 Å². The van der Waals surface area contributed by atoms with Gasteiger partial charge >= 0.3 is 0 Å². The number of methoxy groups -OCH3 is 2. The normalized spacial score (nSPS) is 17.7. The molecule has 0 heterocycles. The van der Waals surface area contributed by atoms with E-state index in [0.29, 0.717) is 37.4 Å². The van der Waals surface area contributed by atoms with Crippen molar-refractivity contribution in [2.75, 3.05) is 27.4 Å². The van der Waals surface area contributed by atoms with Crippen LogP contribution in [0.4, 0.5) is 0 Å². The van der Waals surface area contributed by atoms with Crippen molar-refractivity contribution in [2.45, 2.75) is 31.3 Å². The Morgan fingerprint density at radius 3 is 2.57 bits per heavy atom. The third kappa shape index (κ3) is 4.57. The Morgan fingerprint density at radius 2 is 1.86 bits per heavy atom. The lowest BCUT2D eigenvalue weighted by molar-refractivity contribution is -0.122. The van der Waals surface area contributed by atoms with E-state index in [1.54, 1.807) is 20.3 Å². The van der Waals surface area contributed by atoms with E-state index < -0.39 is 5.60 Å². The van der Waals surface area contributed by atoms with Crippen molar-refractivity contribution in [3.05, 3.63) is 53.6 Å². The quantitative estimate of drug-likeness (QED) is 0.649. The SMILES string of the molecule is COc1cc2c(cc1OC)C(O)(CNC(=O)CCCOc1ccccc1)CC2. The summed E-state index contributed by atoms with van der Waals surface area (Å²) in [5, 5.41) is 13.9. The highest BCUT2D eigenvalue weighted by Crippen LogP contribution is 2.42. The molecule has 0 bridgehead atoms. The molecule has 150 valence electrons. The minimum absolute atomic E-state index is 0.0981. The average Bonchev–Trinajstić information content (AvgIpc) is 3.05. The van der Waals surface area contributed by atoms with Gasteiger partial charge in [0.15, 0.2) is 11.5 Å². The molecule has 0 saturated carbocycles. The van der Waals surface area contributed by atoms with Crippen LogP contribution in [0.3, 0.4) is 0 Å². The fourth-order valence-corrected chi connectivity index (χ4v) is 3.49. The van der Waals surface area contributed by atoms with Crippen LogP contribution in [0.5, 0.6) is 17.2 Å². The van der Waals surface area contributed by atoms with Gasteiger partial charge in [-0.15, -0.1) is 0 Å². The zero-order valence-corrected chi connectivity index (χ0v) is 16.4. The van der Waals surface area contributed by atoms with Gasteiger partial charge in [0.2, 0.25) is 5.91 Å². The van der Waals surface area contributed by atoms with Gasteiger partial charge in [-0.3, -0.25) is 4.79 Å². The molecule has 3 rings (SSSR count). The number of para-hydroxylation sites is 1. The molecule has 1 atom stereocenters. The number of ether oxygens (including phenoxy) is 3. The largest absolute Gasteiger partial charge is 0.494 e. The molecule has 6 nitrogen and oxygen atoms in total. The number of aliphatic hydroxyl groups is 1. The predicted molar refractivity (Wildman–Crippen MR) is 106 cm³/mol. The molecule has 0 saturated heterocycles. The Morgan fingerprint density at radius 1 is 1.14 bits per heavy atom. The van der Waals surface area contributed by atoms with Crippen LogP contribution in [-0.2, 0) is 16.8 Å². The molecule has 1 aliphatic carbocycles. The molecule has 1 amide bonds. The highest BCUT2D eigenvalue weighted by atomic mass is 16.5. The molecule has 28 heavy (non-hydrogen) atoms. The summed E-state index contributed by atoms with van der Waals surface area (Å²) in [6.45, 7) is 0.648. The standard InChI is InChI=1S/C22H27NO5/c1-26-19-13-16-10-11-22(25,18(16)14-20(19)27-2)15-23-21(24)9-6-12-28-17-7-4-3-5-8-17/h3-5,7-8,13-14,25H,6,9-12,15H2,1-2H3,(H,23,24). The zero-order chi connectivity index (χ0) is 20.0. The van der Waals surface area contributed by atoms with Gasteiger partial charge in [-0.1, -0.05) is 18.2 Å². The fourth-order valence-electron chi connectivity index (χ4n) is 3.49. The molecule has 2 aromatic rings. The van der Waals surface area contributed by atoms with Crippen molar-refractivity contribution < 1.29 is 24.1 Å². The van der Waals surface area contributed by atoms with Crippen LogP contribution in [0.25, 0.3) is 0 Å². The first-order chi connectivity index (χ1) is 13.6. The maximum atomic E-state index is 12.2. The van der Waals surface area contributed by atoms with Gasteiger partial charge in [0, 0.05) is 6.42 Å². The van der Waals surface area contributed by atoms with Crippen LogP contribution in [0.15, 0.2) is 42.5 Å². The van der Waals surface area contributed by atoms with E-state index in [1.165, 1.54) is 0 Å². The van der Waals surface area contributed by atoms with Crippen LogP contribution in [0.1, 0.15) is 30.4 Å². The lowest BCUT2D eigenvalue weighted by Gasteiger charge is -2.25. The molecule has 2 aromatic carbocycles. The lowest BCUT2D eigenvalue weighted by Crippen LogP contribution is -2.39. The second-order valence-electron chi connectivity index (χ2n) is 6.94. The summed E-state index contributed by atoms with van der Waals surface area (Å²) in [6.07, 6.45) is 2.24. The number of fused-ring (bicyclic) bond motifs is 1. The Hall–Kier alpha value is -2.73. The highest BCUT2D eigenvalue weighted by molar-refractivity contribution is 5.76. The lowest BCUT2D eigenvalue weighted by atomic mass is 9.95. The number of aryl methyl sites for hydroxylation is 1. The molecular formula is C22H27NO5. The number of benzene rings is 2. The molecule has 0 radical (unpaired) electrons. The Bertz CT molecular complexity index is 808. The van der Waals surface area contributed by atoms with Crippen molar-refractivity contribution in [3.8, 4) is 17.2 Å². The van der Waals surface area contributed by atoms with E-state index in [1.807, 2.05) is 36.4 Å². The Labute approximate surface area is 165 Å². The molecule has 0 spiro atoms. The number of amides is 1. The zero-order valence-electron chi connectivity index (χ0n) is 16.4. The van der Waals surface area contributed by atoms with Gasteiger partial charge in [0.05, 0.1) is 27.4 Å². The maximum Gasteiger partial charge on any atom is 0.220 e. The minimum atomic E-state index is -1.09. The Kier molecular flexibility index (Phi) is 6.41. The van der Waals surface area contributed by atoms with Crippen molar-refractivity contribution >= 4 is 5.91 Å². The van der Waals surface area contributed by atoms with Crippen LogP contribution in [-0.4, -0.2) is 38.4 Å². The highest BCUT2D eigenvalue weighted by Gasteiger charge is 2.38. The average molecular weight is 385 g/mol. The third-order valence-corrected chi connectivity index (χ3v) is 5.06. The molecule has 1 unspecified atom stereocenters. The Balaban J connectivity index is 1.50. The molecular weight excluding hydrogens is 358 g/mol. The third-order valence-electron chi connectivity index (χ3n) is 5.06.